The van der Waals surface area contributed by atoms with Gasteiger partial charge in [-0.3, -0.25) is 14.8 Å². The van der Waals surface area contributed by atoms with Crippen molar-refractivity contribution in [2.24, 2.45) is 4.99 Å². The molecule has 108 valence electrons. The van der Waals surface area contributed by atoms with Crippen molar-refractivity contribution in [2.45, 2.75) is 11.8 Å². The lowest BCUT2D eigenvalue weighted by molar-refractivity contribution is 0.450. The van der Waals surface area contributed by atoms with E-state index in [0.717, 1.165) is 16.7 Å². The van der Waals surface area contributed by atoms with Gasteiger partial charge in [0.1, 0.15) is 17.0 Å². The lowest BCUT2D eigenvalue weighted by Crippen LogP contribution is -2.14. The van der Waals surface area contributed by atoms with E-state index in [2.05, 4.69) is 9.98 Å². The summed E-state index contributed by atoms with van der Waals surface area (Å²) in [5.41, 5.74) is 0.578. The Balaban J connectivity index is 2.37. The zero-order valence-electron chi connectivity index (χ0n) is 11.5. The number of benzene rings is 1. The van der Waals surface area contributed by atoms with Crippen molar-refractivity contribution in [1.29, 1.82) is 10.5 Å². The van der Waals surface area contributed by atoms with Crippen molar-refractivity contribution in [3.63, 3.8) is 0 Å². The molecule has 0 aliphatic rings. The Bertz CT molecular complexity index is 871. The highest BCUT2D eigenvalue weighted by Gasteiger charge is 2.12. The molecule has 0 aliphatic heterocycles. The lowest BCUT2D eigenvalue weighted by Gasteiger charge is -2.04. The molecule has 2 aromatic rings. The summed E-state index contributed by atoms with van der Waals surface area (Å²) in [6.45, 7) is 1.57. The van der Waals surface area contributed by atoms with Gasteiger partial charge in [-0.2, -0.15) is 10.5 Å². The molecule has 0 spiro atoms. The van der Waals surface area contributed by atoms with E-state index in [9.17, 15) is 9.90 Å². The minimum atomic E-state index is -0.632. The fourth-order valence-corrected chi connectivity index (χ4v) is 2.18. The van der Waals surface area contributed by atoms with E-state index < -0.39 is 5.56 Å². The largest absolute Gasteiger partial charge is 0.494 e. The van der Waals surface area contributed by atoms with Gasteiger partial charge in [-0.1, -0.05) is 0 Å². The van der Waals surface area contributed by atoms with Crippen LogP contribution in [0.5, 0.6) is 5.88 Å². The average Bonchev–Trinajstić information content (AvgIpc) is 2.49. The van der Waals surface area contributed by atoms with Crippen LogP contribution in [0.25, 0.3) is 0 Å². The number of aromatic nitrogens is 1. The minimum absolute atomic E-state index is 0.0555. The Morgan fingerprint density at radius 1 is 1.32 bits per heavy atom. The topological polar surface area (TPSA) is 113 Å². The number of nitrogens with zero attached hydrogens (tertiary/aromatic N) is 3. The summed E-state index contributed by atoms with van der Waals surface area (Å²) >= 11 is 1.05. The van der Waals surface area contributed by atoms with Crippen LogP contribution in [0.1, 0.15) is 16.7 Å². The van der Waals surface area contributed by atoms with Gasteiger partial charge in [0.2, 0.25) is 5.88 Å². The van der Waals surface area contributed by atoms with Crippen LogP contribution in [-0.4, -0.2) is 16.3 Å². The van der Waals surface area contributed by atoms with Crippen LogP contribution in [0, 0.1) is 28.9 Å². The Hall–Kier alpha value is -3.03. The van der Waals surface area contributed by atoms with Crippen LogP contribution in [0.15, 0.2) is 38.9 Å². The predicted octanol–water partition coefficient (Wildman–Crippen LogP) is 2.58. The van der Waals surface area contributed by atoms with E-state index in [0.29, 0.717) is 11.3 Å². The van der Waals surface area contributed by atoms with Crippen molar-refractivity contribution in [3.05, 3.63) is 51.3 Å². The number of aliphatic imine (C=N–C) groups is 1. The zero-order chi connectivity index (χ0) is 16.1. The van der Waals surface area contributed by atoms with Crippen molar-refractivity contribution < 1.29 is 5.11 Å². The van der Waals surface area contributed by atoms with Gasteiger partial charge < -0.3 is 5.11 Å². The monoisotopic (exact) mass is 310 g/mol. The smallest absolute Gasteiger partial charge is 0.268 e. The summed E-state index contributed by atoms with van der Waals surface area (Å²) in [6, 6.07) is 8.75. The molecule has 0 atom stereocenters. The molecule has 6 nitrogen and oxygen atoms in total. The summed E-state index contributed by atoms with van der Waals surface area (Å²) in [5.74, 6) is -0.332. The molecule has 0 fully saturated rings. The van der Waals surface area contributed by atoms with Crippen molar-refractivity contribution >= 4 is 23.7 Å². The van der Waals surface area contributed by atoms with Gasteiger partial charge in [0.25, 0.3) is 5.56 Å². The van der Waals surface area contributed by atoms with Crippen LogP contribution in [0.2, 0.25) is 0 Å². The number of aromatic hydroxyl groups is 1. The number of thiocyanates is 1. The number of thioether (sulfide) groups is 1. The third-order valence-corrected chi connectivity index (χ3v) is 3.55. The number of rotatable bonds is 3. The second kappa shape index (κ2) is 6.61. The van der Waals surface area contributed by atoms with Gasteiger partial charge in [0.05, 0.1) is 11.3 Å². The van der Waals surface area contributed by atoms with E-state index >= 15 is 0 Å². The maximum Gasteiger partial charge on any atom is 0.268 e. The molecule has 0 saturated heterocycles. The molecule has 22 heavy (non-hydrogen) atoms. The van der Waals surface area contributed by atoms with Crippen molar-refractivity contribution in [2.75, 3.05) is 0 Å². The number of H-pyrrole nitrogens is 1. The summed E-state index contributed by atoms with van der Waals surface area (Å²) in [7, 11) is 0. The van der Waals surface area contributed by atoms with Crippen molar-refractivity contribution in [1.82, 2.24) is 4.98 Å². The highest BCUT2D eigenvalue weighted by Crippen LogP contribution is 2.22. The molecule has 0 bridgehead atoms. The lowest BCUT2D eigenvalue weighted by atomic mass is 10.1. The zero-order valence-corrected chi connectivity index (χ0v) is 12.3. The van der Waals surface area contributed by atoms with E-state index in [4.69, 9.17) is 10.5 Å². The molecule has 0 amide bonds. The standard InChI is InChI=1S/C15H10N4O2S/c1-9-12(6-16)14(20)19-15(21)13(9)7-18-10-2-4-11(5-3-10)22-8-17/h2-5,7H,1H3,(H2,19,20,21). The summed E-state index contributed by atoms with van der Waals surface area (Å²) in [4.78, 5) is 18.7. The molecule has 0 unspecified atom stereocenters. The van der Waals surface area contributed by atoms with Crippen LogP contribution in [-0.2, 0) is 0 Å². The van der Waals surface area contributed by atoms with E-state index in [-0.39, 0.29) is 17.0 Å². The first-order valence-electron chi connectivity index (χ1n) is 6.13. The highest BCUT2D eigenvalue weighted by molar-refractivity contribution is 8.03. The molecule has 1 aromatic heterocycles. The Labute approximate surface area is 130 Å². The minimum Gasteiger partial charge on any atom is -0.494 e. The van der Waals surface area contributed by atoms with Gasteiger partial charge in [-0.15, -0.1) is 0 Å². The maximum atomic E-state index is 11.5. The van der Waals surface area contributed by atoms with E-state index in [1.165, 1.54) is 6.21 Å². The van der Waals surface area contributed by atoms with Crippen molar-refractivity contribution in [3.8, 4) is 17.4 Å². The van der Waals surface area contributed by atoms with Gasteiger partial charge in [0.15, 0.2) is 0 Å². The van der Waals surface area contributed by atoms with E-state index in [1.807, 2.05) is 5.40 Å². The van der Waals surface area contributed by atoms with Crippen LogP contribution in [0.4, 0.5) is 5.69 Å². The number of pyridine rings is 1. The summed E-state index contributed by atoms with van der Waals surface area (Å²) in [6.07, 6.45) is 1.38. The molecular formula is C15H10N4O2S. The fraction of sp³-hybridized carbons (Fsp3) is 0.0667. The molecule has 0 saturated carbocycles. The Morgan fingerprint density at radius 3 is 2.59 bits per heavy atom. The number of aromatic amines is 1. The summed E-state index contributed by atoms with van der Waals surface area (Å²) < 4.78 is 0. The quantitative estimate of drug-likeness (QED) is 0.514. The molecular weight excluding hydrogens is 300 g/mol. The number of nitrogens with one attached hydrogen (secondary N) is 1. The first-order valence-corrected chi connectivity index (χ1v) is 6.94. The second-order valence-corrected chi connectivity index (χ2v) is 5.13. The number of hydrogen-bond acceptors (Lipinski definition) is 6. The summed E-state index contributed by atoms with van der Waals surface area (Å²) in [5, 5.41) is 29.3. The Morgan fingerprint density at radius 2 is 2.00 bits per heavy atom. The first kappa shape index (κ1) is 15.4. The van der Waals surface area contributed by atoms with Crippen LogP contribution in [0.3, 0.4) is 0 Å². The molecule has 7 heteroatoms. The SMILES string of the molecule is Cc1c(C=Nc2ccc(SC#N)cc2)c(O)[nH]c(=O)c1C#N. The molecule has 2 rings (SSSR count). The number of hydrogen-bond donors (Lipinski definition) is 2. The third kappa shape index (κ3) is 3.17. The molecule has 0 radical (unpaired) electrons. The van der Waals surface area contributed by atoms with Gasteiger partial charge in [-0.05, 0) is 48.5 Å². The number of nitriles is 2. The third-order valence-electron chi connectivity index (χ3n) is 2.95. The Kier molecular flexibility index (Phi) is 4.62. The van der Waals surface area contributed by atoms with Crippen LogP contribution >= 0.6 is 11.8 Å². The van der Waals surface area contributed by atoms with E-state index in [1.54, 1.807) is 37.3 Å². The fourth-order valence-electron chi connectivity index (χ4n) is 1.80. The van der Waals surface area contributed by atoms with Crippen LogP contribution < -0.4 is 5.56 Å². The molecule has 2 N–H and O–H groups in total. The van der Waals surface area contributed by atoms with Gasteiger partial charge in [0, 0.05) is 11.1 Å². The molecule has 1 aromatic carbocycles. The highest BCUT2D eigenvalue weighted by atomic mass is 32.2. The maximum absolute atomic E-state index is 11.5. The predicted molar refractivity (Wildman–Crippen MR) is 83.3 cm³/mol. The van der Waals surface area contributed by atoms with Gasteiger partial charge in [-0.25, -0.2) is 0 Å². The average molecular weight is 310 g/mol. The van der Waals surface area contributed by atoms with Gasteiger partial charge >= 0.3 is 0 Å². The molecule has 1 heterocycles. The molecule has 0 aliphatic carbocycles. The first-order chi connectivity index (χ1) is 10.6. The second-order valence-electron chi connectivity index (χ2n) is 4.27. The normalized spacial score (nSPS) is 10.3.